The molecular weight excluding hydrogens is 310 g/mol. The Morgan fingerprint density at radius 2 is 1.87 bits per heavy atom. The van der Waals surface area contributed by atoms with Crippen molar-refractivity contribution in [2.75, 3.05) is 5.75 Å². The first-order valence-electron chi connectivity index (χ1n) is 8.49. The number of sulfone groups is 1. The number of hydrogen-bond acceptors (Lipinski definition) is 3. The lowest BCUT2D eigenvalue weighted by molar-refractivity contribution is 0.0998. The molecule has 1 aromatic carbocycles. The molecule has 5 heteroatoms. The molecule has 23 heavy (non-hydrogen) atoms. The molecule has 0 aromatic heterocycles. The van der Waals surface area contributed by atoms with Gasteiger partial charge in [0.05, 0.1) is 10.5 Å². The maximum atomic E-state index is 13.3. The Hall–Kier alpha value is -1.36. The van der Waals surface area contributed by atoms with Crippen LogP contribution in [0.25, 0.3) is 0 Å². The van der Waals surface area contributed by atoms with Gasteiger partial charge < -0.3 is 5.73 Å². The molecule has 0 spiro atoms. The smallest absolute Gasteiger partial charge is 0.249 e. The Kier molecular flexibility index (Phi) is 4.25. The predicted molar refractivity (Wildman–Crippen MR) is 91.0 cm³/mol. The van der Waals surface area contributed by atoms with E-state index < -0.39 is 20.5 Å². The summed E-state index contributed by atoms with van der Waals surface area (Å²) < 4.78 is 25.7. The first-order valence-corrected chi connectivity index (χ1v) is 10.1. The summed E-state index contributed by atoms with van der Waals surface area (Å²) in [5.74, 6) is 0.0228. The molecule has 0 aliphatic heterocycles. The van der Waals surface area contributed by atoms with Crippen LogP contribution in [0.15, 0.2) is 18.2 Å². The number of primary amides is 1. The van der Waals surface area contributed by atoms with Crippen LogP contribution in [-0.2, 0) is 14.6 Å². The van der Waals surface area contributed by atoms with Gasteiger partial charge >= 0.3 is 0 Å². The molecule has 2 saturated carbocycles. The summed E-state index contributed by atoms with van der Waals surface area (Å²) in [7, 11) is -3.32. The molecule has 0 heterocycles. The molecule has 4 nitrogen and oxygen atoms in total. The highest BCUT2D eigenvalue weighted by atomic mass is 32.2. The minimum Gasteiger partial charge on any atom is -0.366 e. The molecule has 0 saturated heterocycles. The van der Waals surface area contributed by atoms with E-state index in [4.69, 9.17) is 5.73 Å². The van der Waals surface area contributed by atoms with Crippen LogP contribution in [0.1, 0.15) is 66.4 Å². The molecule has 0 unspecified atom stereocenters. The number of carbonyl (C=O) groups excluding carboxylic acids is 1. The van der Waals surface area contributed by atoms with Gasteiger partial charge in [-0.3, -0.25) is 4.79 Å². The van der Waals surface area contributed by atoms with E-state index in [1.807, 2.05) is 13.0 Å². The fraction of sp³-hybridized carbons (Fsp3) is 0.611. The Bertz CT molecular complexity index is 714. The van der Waals surface area contributed by atoms with Crippen molar-refractivity contribution in [3.05, 3.63) is 34.9 Å². The summed E-state index contributed by atoms with van der Waals surface area (Å²) in [5, 5.41) is 0. The molecule has 1 aromatic rings. The summed E-state index contributed by atoms with van der Waals surface area (Å²) in [6.45, 7) is 1.89. The zero-order valence-electron chi connectivity index (χ0n) is 13.7. The lowest BCUT2D eigenvalue weighted by atomic mass is 9.79. The van der Waals surface area contributed by atoms with Crippen LogP contribution in [0.3, 0.4) is 0 Å². The maximum absolute atomic E-state index is 13.3. The largest absolute Gasteiger partial charge is 0.366 e. The Balaban J connectivity index is 2.19. The number of amides is 1. The number of hydrogen-bond donors (Lipinski definition) is 1. The van der Waals surface area contributed by atoms with Gasteiger partial charge in [0.25, 0.3) is 0 Å². The van der Waals surface area contributed by atoms with Gasteiger partial charge in [-0.15, -0.1) is 0 Å². The van der Waals surface area contributed by atoms with E-state index >= 15 is 0 Å². The average molecular weight is 335 g/mol. The lowest BCUT2D eigenvalue weighted by Crippen LogP contribution is -2.42. The van der Waals surface area contributed by atoms with Crippen molar-refractivity contribution in [3.8, 4) is 0 Å². The molecule has 2 fully saturated rings. The van der Waals surface area contributed by atoms with Crippen LogP contribution in [0.4, 0.5) is 0 Å². The number of carbonyl (C=O) groups is 1. The molecule has 126 valence electrons. The molecule has 2 N–H and O–H groups in total. The highest BCUT2D eigenvalue weighted by Gasteiger charge is 2.49. The van der Waals surface area contributed by atoms with Crippen LogP contribution in [-0.4, -0.2) is 20.1 Å². The van der Waals surface area contributed by atoms with Crippen molar-refractivity contribution in [1.82, 2.24) is 0 Å². The minimum absolute atomic E-state index is 0.250. The first kappa shape index (κ1) is 16.5. The molecule has 1 amide bonds. The number of benzene rings is 1. The lowest BCUT2D eigenvalue weighted by Gasteiger charge is -2.39. The maximum Gasteiger partial charge on any atom is 0.249 e. The molecule has 0 bridgehead atoms. The Morgan fingerprint density at radius 3 is 2.43 bits per heavy atom. The van der Waals surface area contributed by atoms with E-state index in [0.717, 1.165) is 37.7 Å². The monoisotopic (exact) mass is 335 g/mol. The zero-order chi connectivity index (χ0) is 16.7. The van der Waals surface area contributed by atoms with Crippen LogP contribution >= 0.6 is 0 Å². The predicted octanol–water partition coefficient (Wildman–Crippen LogP) is 3.08. The van der Waals surface area contributed by atoms with Gasteiger partial charge in [-0.1, -0.05) is 31.4 Å². The van der Waals surface area contributed by atoms with Gasteiger partial charge in [0.1, 0.15) is 0 Å². The zero-order valence-corrected chi connectivity index (χ0v) is 14.5. The molecule has 2 aliphatic rings. The van der Waals surface area contributed by atoms with E-state index in [1.54, 1.807) is 12.1 Å². The van der Waals surface area contributed by atoms with Crippen molar-refractivity contribution >= 4 is 15.7 Å². The molecular formula is C18H25NO3S. The van der Waals surface area contributed by atoms with Crippen LogP contribution in [0.5, 0.6) is 0 Å². The van der Waals surface area contributed by atoms with Gasteiger partial charge in [-0.25, -0.2) is 8.42 Å². The van der Waals surface area contributed by atoms with Crippen molar-refractivity contribution in [3.63, 3.8) is 0 Å². The second-order valence-electron chi connectivity index (χ2n) is 7.14. The van der Waals surface area contributed by atoms with Gasteiger partial charge in [-0.2, -0.15) is 0 Å². The summed E-state index contributed by atoms with van der Waals surface area (Å²) in [6.07, 6.45) is 6.04. The second-order valence-corrected chi connectivity index (χ2v) is 9.49. The SMILES string of the molecule is Cc1cccc(C(N)=O)c1C1(S(=O)(=O)CC2CC2)CCCCC1. The third-order valence-corrected chi connectivity index (χ3v) is 8.12. The Morgan fingerprint density at radius 1 is 1.22 bits per heavy atom. The van der Waals surface area contributed by atoms with E-state index in [-0.39, 0.29) is 5.75 Å². The van der Waals surface area contributed by atoms with Crippen molar-refractivity contribution in [2.45, 2.75) is 56.6 Å². The van der Waals surface area contributed by atoms with Gasteiger partial charge in [0, 0.05) is 5.56 Å². The fourth-order valence-electron chi connectivity index (χ4n) is 4.07. The molecule has 0 atom stereocenters. The van der Waals surface area contributed by atoms with Crippen molar-refractivity contribution < 1.29 is 13.2 Å². The summed E-state index contributed by atoms with van der Waals surface area (Å²) in [5.41, 5.74) is 7.49. The number of rotatable bonds is 5. The third-order valence-electron chi connectivity index (χ3n) is 5.40. The third kappa shape index (κ3) is 2.91. The summed E-state index contributed by atoms with van der Waals surface area (Å²) >= 11 is 0. The van der Waals surface area contributed by atoms with E-state index in [2.05, 4.69) is 0 Å². The molecule has 2 aliphatic carbocycles. The summed E-state index contributed by atoms with van der Waals surface area (Å²) in [6, 6.07) is 5.35. The van der Waals surface area contributed by atoms with Crippen LogP contribution < -0.4 is 5.73 Å². The van der Waals surface area contributed by atoms with Crippen LogP contribution in [0, 0.1) is 12.8 Å². The first-order chi connectivity index (χ1) is 10.9. The second kappa shape index (κ2) is 5.93. The average Bonchev–Trinajstić information content (AvgIpc) is 3.30. The fourth-order valence-corrected chi connectivity index (χ4v) is 6.84. The quantitative estimate of drug-likeness (QED) is 0.898. The Labute approximate surface area is 138 Å². The van der Waals surface area contributed by atoms with E-state index in [1.165, 1.54) is 0 Å². The van der Waals surface area contributed by atoms with Gasteiger partial charge in [-0.05, 0) is 55.7 Å². The van der Waals surface area contributed by atoms with E-state index in [0.29, 0.717) is 29.9 Å². The normalized spacial score (nSPS) is 21.1. The summed E-state index contributed by atoms with van der Waals surface area (Å²) in [4.78, 5) is 11.9. The van der Waals surface area contributed by atoms with Gasteiger partial charge in [0.2, 0.25) is 5.91 Å². The molecule has 0 radical (unpaired) electrons. The standard InChI is InChI=1S/C18H25NO3S/c1-13-6-5-7-15(17(19)20)16(13)18(10-3-2-4-11-18)23(21,22)12-14-8-9-14/h5-7,14H,2-4,8-12H2,1H3,(H2,19,20). The van der Waals surface area contributed by atoms with Gasteiger partial charge in [0.15, 0.2) is 9.84 Å². The number of aryl methyl sites for hydroxylation is 1. The number of nitrogens with two attached hydrogens (primary N) is 1. The van der Waals surface area contributed by atoms with Crippen LogP contribution in [0.2, 0.25) is 0 Å². The van der Waals surface area contributed by atoms with Crippen molar-refractivity contribution in [2.24, 2.45) is 11.7 Å². The topological polar surface area (TPSA) is 77.2 Å². The molecule has 3 rings (SSSR count). The highest BCUT2D eigenvalue weighted by Crippen LogP contribution is 2.48. The van der Waals surface area contributed by atoms with Crippen molar-refractivity contribution in [1.29, 1.82) is 0 Å². The minimum atomic E-state index is -3.32. The highest BCUT2D eigenvalue weighted by molar-refractivity contribution is 7.92. The van der Waals surface area contributed by atoms with E-state index in [9.17, 15) is 13.2 Å².